The summed E-state index contributed by atoms with van der Waals surface area (Å²) in [7, 11) is 0. The van der Waals surface area contributed by atoms with Gasteiger partial charge in [-0.05, 0) is 55.6 Å². The van der Waals surface area contributed by atoms with E-state index in [-0.39, 0.29) is 17.9 Å². The zero-order valence-corrected chi connectivity index (χ0v) is 22.4. The molecule has 0 radical (unpaired) electrons. The Labute approximate surface area is 222 Å². The molecule has 36 heavy (non-hydrogen) atoms. The van der Waals surface area contributed by atoms with Crippen LogP contribution < -0.4 is 5.73 Å². The van der Waals surface area contributed by atoms with E-state index in [0.717, 1.165) is 28.0 Å². The first-order valence-electron chi connectivity index (χ1n) is 12.3. The van der Waals surface area contributed by atoms with Crippen LogP contribution in [0.1, 0.15) is 53.6 Å². The van der Waals surface area contributed by atoms with Gasteiger partial charge in [-0.3, -0.25) is 4.79 Å². The largest absolute Gasteiger partial charge is 0.330 e. The van der Waals surface area contributed by atoms with Crippen LogP contribution in [0.4, 0.5) is 0 Å². The number of nitrogens with two attached hydrogens (primary N) is 1. The number of benzene rings is 3. The Hall–Kier alpha value is -2.86. The highest BCUT2D eigenvalue weighted by Crippen LogP contribution is 2.35. The van der Waals surface area contributed by atoms with E-state index >= 15 is 0 Å². The fraction of sp³-hybridized carbons (Fsp3) is 0.310. The Kier molecular flexibility index (Phi) is 8.35. The molecule has 0 saturated carbocycles. The molecule has 3 aromatic carbocycles. The van der Waals surface area contributed by atoms with Gasteiger partial charge in [0.25, 0.3) is 5.91 Å². The number of hydrogen-bond acceptors (Lipinski definition) is 3. The number of carbonyl (C=O) groups is 1. The number of aromatic nitrogens is 2. The zero-order valence-electron chi connectivity index (χ0n) is 20.9. The number of imidazole rings is 1. The third-order valence-corrected chi connectivity index (χ3v) is 7.12. The maximum Gasteiger partial charge on any atom is 0.254 e. The normalized spacial score (nSPS) is 12.3. The van der Waals surface area contributed by atoms with E-state index in [1.165, 1.54) is 0 Å². The molecule has 1 atom stereocenters. The van der Waals surface area contributed by atoms with E-state index < -0.39 is 0 Å². The van der Waals surface area contributed by atoms with Crippen molar-refractivity contribution in [2.45, 2.75) is 39.8 Å². The van der Waals surface area contributed by atoms with Crippen LogP contribution in [0.5, 0.6) is 0 Å². The van der Waals surface area contributed by atoms with Crippen LogP contribution in [0.3, 0.4) is 0 Å². The number of halogens is 2. The lowest BCUT2D eigenvalue weighted by Gasteiger charge is -2.34. The number of amides is 1. The van der Waals surface area contributed by atoms with Crippen molar-refractivity contribution >= 4 is 40.1 Å². The molecule has 0 aliphatic carbocycles. The molecule has 0 aliphatic rings. The summed E-state index contributed by atoms with van der Waals surface area (Å²) in [6.45, 7) is 7.87. The molecular formula is C29H32Cl2N4O. The van der Waals surface area contributed by atoms with Gasteiger partial charge in [0, 0.05) is 18.7 Å². The SMILES string of the molecule is Cc1ccc(C(=O)N(CCCN)[C@@H](c2nc3cc(Cl)c(Cl)cc3n2Cc2ccccc2)C(C)C)cc1. The highest BCUT2D eigenvalue weighted by atomic mass is 35.5. The molecule has 1 amide bonds. The van der Waals surface area contributed by atoms with Crippen molar-refractivity contribution in [2.75, 3.05) is 13.1 Å². The van der Waals surface area contributed by atoms with E-state index in [2.05, 4.69) is 30.5 Å². The minimum absolute atomic E-state index is 0.0310. The maximum absolute atomic E-state index is 13.9. The fourth-order valence-corrected chi connectivity index (χ4v) is 4.90. The molecule has 0 saturated heterocycles. The Balaban J connectivity index is 1.88. The maximum atomic E-state index is 13.9. The Bertz CT molecular complexity index is 1330. The van der Waals surface area contributed by atoms with Gasteiger partial charge in [0.15, 0.2) is 0 Å². The number of rotatable bonds is 9. The molecule has 0 fully saturated rings. The Morgan fingerprint density at radius 1 is 1.03 bits per heavy atom. The number of carbonyl (C=O) groups excluding carboxylic acids is 1. The molecule has 1 heterocycles. The third-order valence-electron chi connectivity index (χ3n) is 6.40. The lowest BCUT2D eigenvalue weighted by atomic mass is 9.99. The van der Waals surface area contributed by atoms with Crippen molar-refractivity contribution < 1.29 is 4.79 Å². The van der Waals surface area contributed by atoms with Crippen molar-refractivity contribution in [3.63, 3.8) is 0 Å². The summed E-state index contributed by atoms with van der Waals surface area (Å²) in [5.74, 6) is 0.866. The van der Waals surface area contributed by atoms with Crippen LogP contribution in [0.25, 0.3) is 11.0 Å². The number of fused-ring (bicyclic) bond motifs is 1. The van der Waals surface area contributed by atoms with Crippen LogP contribution >= 0.6 is 23.2 Å². The summed E-state index contributed by atoms with van der Waals surface area (Å²) >= 11 is 12.8. The summed E-state index contributed by atoms with van der Waals surface area (Å²) in [5, 5.41) is 0.929. The minimum Gasteiger partial charge on any atom is -0.330 e. The Morgan fingerprint density at radius 3 is 2.33 bits per heavy atom. The van der Waals surface area contributed by atoms with Gasteiger partial charge >= 0.3 is 0 Å². The van der Waals surface area contributed by atoms with Gasteiger partial charge in [-0.1, -0.05) is 85.1 Å². The van der Waals surface area contributed by atoms with Gasteiger partial charge in [-0.15, -0.1) is 0 Å². The second-order valence-corrected chi connectivity index (χ2v) is 10.3. The van der Waals surface area contributed by atoms with Gasteiger partial charge in [-0.25, -0.2) is 4.98 Å². The predicted octanol–water partition coefficient (Wildman–Crippen LogP) is 6.89. The highest BCUT2D eigenvalue weighted by Gasteiger charge is 2.33. The van der Waals surface area contributed by atoms with Gasteiger partial charge in [0.2, 0.25) is 0 Å². The van der Waals surface area contributed by atoms with Crippen molar-refractivity contribution in [2.24, 2.45) is 11.7 Å². The van der Waals surface area contributed by atoms with Gasteiger partial charge in [0.1, 0.15) is 5.82 Å². The third kappa shape index (κ3) is 5.59. The average molecular weight is 524 g/mol. The average Bonchev–Trinajstić information content (AvgIpc) is 3.18. The van der Waals surface area contributed by atoms with Crippen LogP contribution in [0.2, 0.25) is 10.0 Å². The molecule has 2 N–H and O–H groups in total. The first-order valence-corrected chi connectivity index (χ1v) is 13.0. The molecule has 7 heteroatoms. The van der Waals surface area contributed by atoms with Gasteiger partial charge in [0.05, 0.1) is 27.1 Å². The van der Waals surface area contributed by atoms with Crippen LogP contribution in [-0.2, 0) is 6.54 Å². The minimum atomic E-state index is -0.279. The van der Waals surface area contributed by atoms with E-state index in [1.54, 1.807) is 6.07 Å². The summed E-state index contributed by atoms with van der Waals surface area (Å²) in [5.41, 5.74) is 10.4. The molecule has 0 spiro atoms. The van der Waals surface area contributed by atoms with Crippen molar-refractivity contribution in [1.82, 2.24) is 14.5 Å². The second kappa shape index (κ2) is 11.5. The lowest BCUT2D eigenvalue weighted by molar-refractivity contribution is 0.0605. The van der Waals surface area contributed by atoms with Gasteiger partial charge in [-0.2, -0.15) is 0 Å². The van der Waals surface area contributed by atoms with Crippen LogP contribution in [0.15, 0.2) is 66.7 Å². The van der Waals surface area contributed by atoms with Crippen molar-refractivity contribution in [1.29, 1.82) is 0 Å². The molecule has 0 unspecified atom stereocenters. The molecule has 188 valence electrons. The van der Waals surface area contributed by atoms with Crippen LogP contribution in [-0.4, -0.2) is 33.4 Å². The van der Waals surface area contributed by atoms with Crippen molar-refractivity contribution in [3.8, 4) is 0 Å². The molecule has 4 rings (SSSR count). The van der Waals surface area contributed by atoms with Crippen LogP contribution in [0, 0.1) is 12.8 Å². The second-order valence-electron chi connectivity index (χ2n) is 9.49. The lowest BCUT2D eigenvalue weighted by Crippen LogP contribution is -2.40. The molecular weight excluding hydrogens is 491 g/mol. The molecule has 0 bridgehead atoms. The molecule has 5 nitrogen and oxygen atoms in total. The van der Waals surface area contributed by atoms with Crippen molar-refractivity contribution in [3.05, 3.63) is 99.3 Å². The first kappa shape index (κ1) is 26.2. The molecule has 4 aromatic rings. The topological polar surface area (TPSA) is 64.2 Å². The number of aryl methyl sites for hydroxylation is 1. The van der Waals surface area contributed by atoms with Gasteiger partial charge < -0.3 is 15.2 Å². The summed E-state index contributed by atoms with van der Waals surface area (Å²) in [4.78, 5) is 20.9. The Morgan fingerprint density at radius 2 is 1.69 bits per heavy atom. The monoisotopic (exact) mass is 522 g/mol. The summed E-state index contributed by atoms with van der Waals surface area (Å²) in [6.07, 6.45) is 0.692. The quantitative estimate of drug-likeness (QED) is 0.260. The molecule has 1 aromatic heterocycles. The number of nitrogens with zero attached hydrogens (tertiary/aromatic N) is 3. The first-order chi connectivity index (χ1) is 17.3. The molecule has 0 aliphatic heterocycles. The summed E-state index contributed by atoms with van der Waals surface area (Å²) in [6, 6.07) is 21.3. The van der Waals surface area contributed by atoms with E-state index in [9.17, 15) is 4.79 Å². The van der Waals surface area contributed by atoms with E-state index in [1.807, 2.05) is 60.4 Å². The standard InChI is InChI=1S/C29H32Cl2N4O/c1-19(2)27(34(15-7-14-32)29(36)22-12-10-20(3)11-13-22)28-33-25-16-23(30)24(31)17-26(25)35(28)18-21-8-5-4-6-9-21/h4-6,8-13,16-17,19,27H,7,14-15,18,32H2,1-3H3/t27-/m1/s1. The number of hydrogen-bond donors (Lipinski definition) is 1. The van der Waals surface area contributed by atoms with E-state index in [0.29, 0.717) is 41.7 Å². The smallest absolute Gasteiger partial charge is 0.254 e. The van der Waals surface area contributed by atoms with E-state index in [4.69, 9.17) is 33.9 Å². The predicted molar refractivity (Wildman–Crippen MR) is 149 cm³/mol. The zero-order chi connectivity index (χ0) is 25.8. The fourth-order valence-electron chi connectivity index (χ4n) is 4.58. The highest BCUT2D eigenvalue weighted by molar-refractivity contribution is 6.42. The summed E-state index contributed by atoms with van der Waals surface area (Å²) < 4.78 is 2.16.